The first-order chi connectivity index (χ1) is 15.9. The fourth-order valence-electron chi connectivity index (χ4n) is 2.49. The summed E-state index contributed by atoms with van der Waals surface area (Å²) in [7, 11) is 1.66. The standard InChI is InChI=1S/C16H23N3O2.C6H10.C4H8.C2H6/c1-4-12-18-15(17-19(5-2)16(18)20)11-8-13-6-9-14(21-3)10-7-13;1-4-6(3)5-2;1-3-4-2;1-2/h6-7,9-10H,4-5,8,11-12H2,1-3H3;4-5H,1H2,2-3H3;3H,1,4H2,2H3;1-2H3/b;6-5-;;. The van der Waals surface area contributed by atoms with E-state index in [0.29, 0.717) is 6.54 Å². The van der Waals surface area contributed by atoms with Gasteiger partial charge in [0.15, 0.2) is 0 Å². The molecule has 5 heteroatoms. The molecule has 0 aliphatic rings. The Kier molecular flexibility index (Phi) is 20.6. The van der Waals surface area contributed by atoms with Crippen molar-refractivity contribution in [1.82, 2.24) is 14.3 Å². The van der Waals surface area contributed by atoms with E-state index in [4.69, 9.17) is 4.74 Å². The SMILES string of the molecule is C=C/C(C)=C\C.C=CCC.CC.CCCn1c(CCc2ccc(OC)cc2)nn(CC)c1=O. The summed E-state index contributed by atoms with van der Waals surface area (Å²) in [5.74, 6) is 1.73. The van der Waals surface area contributed by atoms with Crippen molar-refractivity contribution in [2.75, 3.05) is 7.11 Å². The minimum Gasteiger partial charge on any atom is -0.497 e. The molecule has 0 aliphatic carbocycles. The predicted octanol–water partition coefficient (Wildman–Crippen LogP) is 7.02. The van der Waals surface area contributed by atoms with Crippen LogP contribution in [0.3, 0.4) is 0 Å². The molecule has 1 aromatic carbocycles. The van der Waals surface area contributed by atoms with E-state index in [1.165, 1.54) is 11.1 Å². The third-order valence-corrected chi connectivity index (χ3v) is 4.61. The first-order valence-electron chi connectivity index (χ1n) is 12.1. The van der Waals surface area contributed by atoms with Gasteiger partial charge >= 0.3 is 5.69 Å². The number of aryl methyl sites for hydroxylation is 3. The summed E-state index contributed by atoms with van der Waals surface area (Å²) in [4.78, 5) is 12.2. The highest BCUT2D eigenvalue weighted by Gasteiger charge is 2.11. The number of hydrogen-bond acceptors (Lipinski definition) is 3. The van der Waals surface area contributed by atoms with Gasteiger partial charge in [-0.1, -0.05) is 70.2 Å². The number of methoxy groups -OCH3 is 1. The number of rotatable bonds is 9. The van der Waals surface area contributed by atoms with Crippen molar-refractivity contribution in [3.05, 3.63) is 83.1 Å². The Bertz CT molecular complexity index is 843. The van der Waals surface area contributed by atoms with Gasteiger partial charge in [-0.15, -0.1) is 6.58 Å². The van der Waals surface area contributed by atoms with Crippen LogP contribution in [0.1, 0.15) is 72.7 Å². The quantitative estimate of drug-likeness (QED) is 0.300. The Hall–Kier alpha value is -2.82. The van der Waals surface area contributed by atoms with E-state index >= 15 is 0 Å². The number of benzene rings is 1. The molecule has 186 valence electrons. The van der Waals surface area contributed by atoms with Crippen molar-refractivity contribution in [2.45, 2.75) is 87.2 Å². The molecule has 1 aromatic heterocycles. The van der Waals surface area contributed by atoms with Crippen LogP contribution in [0.15, 0.2) is 66.0 Å². The molecule has 0 bridgehead atoms. The van der Waals surface area contributed by atoms with Gasteiger partial charge < -0.3 is 4.74 Å². The maximum Gasteiger partial charge on any atom is 0.345 e. The van der Waals surface area contributed by atoms with Crippen molar-refractivity contribution in [2.24, 2.45) is 0 Å². The molecule has 0 unspecified atom stereocenters. The van der Waals surface area contributed by atoms with Crippen LogP contribution < -0.4 is 10.4 Å². The molecule has 33 heavy (non-hydrogen) atoms. The summed E-state index contributed by atoms with van der Waals surface area (Å²) < 4.78 is 8.49. The molecular weight excluding hydrogens is 410 g/mol. The molecule has 1 heterocycles. The van der Waals surface area contributed by atoms with Crippen molar-refractivity contribution >= 4 is 0 Å². The number of aromatic nitrogens is 3. The number of hydrogen-bond donors (Lipinski definition) is 0. The van der Waals surface area contributed by atoms with E-state index in [-0.39, 0.29) is 5.69 Å². The van der Waals surface area contributed by atoms with Gasteiger partial charge in [-0.25, -0.2) is 9.48 Å². The van der Waals surface area contributed by atoms with Gasteiger partial charge in [-0.2, -0.15) is 5.10 Å². The third-order valence-electron chi connectivity index (χ3n) is 4.61. The van der Waals surface area contributed by atoms with Gasteiger partial charge in [-0.3, -0.25) is 4.57 Å². The van der Waals surface area contributed by atoms with Crippen molar-refractivity contribution in [3.63, 3.8) is 0 Å². The lowest BCUT2D eigenvalue weighted by atomic mass is 10.1. The van der Waals surface area contributed by atoms with Crippen LogP contribution in [-0.4, -0.2) is 21.5 Å². The lowest BCUT2D eigenvalue weighted by Gasteiger charge is -2.05. The molecule has 0 amide bonds. The van der Waals surface area contributed by atoms with Gasteiger partial charge in [0.25, 0.3) is 0 Å². The average Bonchev–Trinajstić information content (AvgIpc) is 3.18. The maximum absolute atomic E-state index is 12.2. The molecule has 0 spiro atoms. The molecule has 0 fully saturated rings. The first-order valence-corrected chi connectivity index (χ1v) is 12.1. The van der Waals surface area contributed by atoms with Crippen molar-refractivity contribution in [3.8, 4) is 5.75 Å². The summed E-state index contributed by atoms with van der Waals surface area (Å²) in [5.41, 5.74) is 2.46. The van der Waals surface area contributed by atoms with Gasteiger partial charge in [0.05, 0.1) is 7.11 Å². The normalized spacial score (nSPS) is 9.88. The summed E-state index contributed by atoms with van der Waals surface area (Å²) in [6.07, 6.45) is 9.39. The second-order valence-corrected chi connectivity index (χ2v) is 6.95. The summed E-state index contributed by atoms with van der Waals surface area (Å²) in [6, 6.07) is 8.02. The van der Waals surface area contributed by atoms with Crippen LogP contribution in [0.25, 0.3) is 0 Å². The minimum atomic E-state index is 0.00378. The van der Waals surface area contributed by atoms with Gasteiger partial charge in [0.1, 0.15) is 11.6 Å². The first kappa shape index (κ1) is 32.4. The predicted molar refractivity (Wildman–Crippen MR) is 144 cm³/mol. The average molecular weight is 458 g/mol. The smallest absolute Gasteiger partial charge is 0.345 e. The Balaban J connectivity index is 0. The molecule has 0 saturated carbocycles. The maximum atomic E-state index is 12.2. The van der Waals surface area contributed by atoms with E-state index in [2.05, 4.69) is 44.2 Å². The van der Waals surface area contributed by atoms with E-state index in [0.717, 1.165) is 43.8 Å². The molecule has 2 aromatic rings. The van der Waals surface area contributed by atoms with Gasteiger partial charge in [0.2, 0.25) is 0 Å². The largest absolute Gasteiger partial charge is 0.497 e. The fourth-order valence-corrected chi connectivity index (χ4v) is 2.49. The number of allylic oxidation sites excluding steroid dienone is 4. The molecule has 2 rings (SSSR count). The summed E-state index contributed by atoms with van der Waals surface area (Å²) in [5, 5.41) is 4.44. The Labute approximate surface area is 202 Å². The summed E-state index contributed by atoms with van der Waals surface area (Å²) in [6.45, 7) is 22.5. The Morgan fingerprint density at radius 3 is 2.03 bits per heavy atom. The minimum absolute atomic E-state index is 0.00378. The monoisotopic (exact) mass is 457 g/mol. The van der Waals surface area contributed by atoms with Crippen molar-refractivity contribution in [1.29, 1.82) is 0 Å². The Morgan fingerprint density at radius 2 is 1.67 bits per heavy atom. The highest BCUT2D eigenvalue weighted by Crippen LogP contribution is 2.13. The van der Waals surface area contributed by atoms with Gasteiger partial charge in [0, 0.05) is 19.5 Å². The molecule has 0 radical (unpaired) electrons. The van der Waals surface area contributed by atoms with Crippen LogP contribution in [0.2, 0.25) is 0 Å². The van der Waals surface area contributed by atoms with Crippen LogP contribution in [0.4, 0.5) is 0 Å². The van der Waals surface area contributed by atoms with Gasteiger partial charge in [-0.05, 0) is 57.7 Å². The highest BCUT2D eigenvalue weighted by atomic mass is 16.5. The zero-order valence-corrected chi connectivity index (χ0v) is 22.4. The zero-order valence-electron chi connectivity index (χ0n) is 22.4. The molecular formula is C28H47N3O2. The molecule has 0 saturated heterocycles. The van der Waals surface area contributed by atoms with Crippen LogP contribution in [-0.2, 0) is 25.9 Å². The lowest BCUT2D eigenvalue weighted by Crippen LogP contribution is -2.25. The molecule has 0 N–H and O–H groups in total. The number of nitrogens with zero attached hydrogens (tertiary/aromatic N) is 3. The highest BCUT2D eigenvalue weighted by molar-refractivity contribution is 5.27. The topological polar surface area (TPSA) is 49.0 Å². The van der Waals surface area contributed by atoms with E-state index in [1.54, 1.807) is 16.4 Å². The Morgan fingerprint density at radius 1 is 1.09 bits per heavy atom. The molecule has 5 nitrogen and oxygen atoms in total. The second-order valence-electron chi connectivity index (χ2n) is 6.95. The van der Waals surface area contributed by atoms with Crippen LogP contribution >= 0.6 is 0 Å². The fraction of sp³-hybridized carbons (Fsp3) is 0.500. The lowest BCUT2D eigenvalue weighted by molar-refractivity contribution is 0.414. The van der Waals surface area contributed by atoms with E-state index < -0.39 is 0 Å². The van der Waals surface area contributed by atoms with Crippen molar-refractivity contribution < 1.29 is 4.74 Å². The van der Waals surface area contributed by atoms with E-state index in [1.807, 2.05) is 65.0 Å². The second kappa shape index (κ2) is 21.0. The van der Waals surface area contributed by atoms with Crippen LogP contribution in [0.5, 0.6) is 5.75 Å². The zero-order chi connectivity index (χ0) is 25.6. The van der Waals surface area contributed by atoms with E-state index in [9.17, 15) is 4.79 Å². The summed E-state index contributed by atoms with van der Waals surface area (Å²) >= 11 is 0. The molecule has 0 aliphatic heterocycles. The number of ether oxygens (including phenoxy) is 1. The van der Waals surface area contributed by atoms with Crippen LogP contribution in [0, 0.1) is 0 Å². The third kappa shape index (κ3) is 13.4. The molecule has 0 atom stereocenters.